The van der Waals surface area contributed by atoms with Gasteiger partial charge in [0.05, 0.1) is 31.6 Å². The van der Waals surface area contributed by atoms with E-state index in [0.717, 1.165) is 10.1 Å². The van der Waals surface area contributed by atoms with Gasteiger partial charge in [-0.05, 0) is 17.5 Å². The Labute approximate surface area is 150 Å². The Bertz CT molecular complexity index is 751. The van der Waals surface area contributed by atoms with E-state index in [1.165, 1.54) is 18.4 Å². The minimum absolute atomic E-state index is 0.0556. The Morgan fingerprint density at radius 1 is 1.20 bits per heavy atom. The molecule has 1 aromatic heterocycles. The molecule has 1 N–H and O–H groups in total. The third-order valence-electron chi connectivity index (χ3n) is 3.73. The molecule has 1 heterocycles. The Kier molecular flexibility index (Phi) is 6.78. The molecule has 0 saturated heterocycles. The average Bonchev–Trinajstić information content (AvgIpc) is 3.03. The molecule has 136 valence electrons. The van der Waals surface area contributed by atoms with E-state index in [-0.39, 0.29) is 18.8 Å². The normalized spacial score (nSPS) is 12.0. The van der Waals surface area contributed by atoms with Crippen LogP contribution in [0.1, 0.15) is 29.4 Å². The number of ketones is 1. The van der Waals surface area contributed by atoms with Crippen LogP contribution in [0.3, 0.4) is 0 Å². The largest absolute Gasteiger partial charge is 0.493 e. The van der Waals surface area contributed by atoms with Gasteiger partial charge in [-0.2, -0.15) is 0 Å². The van der Waals surface area contributed by atoms with Crippen molar-refractivity contribution < 1.29 is 28.9 Å². The van der Waals surface area contributed by atoms with Gasteiger partial charge < -0.3 is 19.3 Å². The van der Waals surface area contributed by atoms with Gasteiger partial charge in [-0.1, -0.05) is 6.92 Å². The van der Waals surface area contributed by atoms with E-state index in [9.17, 15) is 9.59 Å². The lowest BCUT2D eigenvalue weighted by Crippen LogP contribution is -2.16. The average molecular weight is 366 g/mol. The second-order valence-corrected chi connectivity index (χ2v) is 6.71. The number of benzene rings is 1. The maximum absolute atomic E-state index is 12.4. The zero-order valence-corrected chi connectivity index (χ0v) is 15.4. The fraction of sp³-hybridized carbons (Fsp3) is 0.444. The highest BCUT2D eigenvalue weighted by Gasteiger charge is 2.20. The molecule has 0 spiro atoms. The molecule has 7 heteroatoms. The maximum atomic E-state index is 12.4. The summed E-state index contributed by atoms with van der Waals surface area (Å²) in [6, 6.07) is 5.45. The predicted molar refractivity (Wildman–Crippen MR) is 95.7 cm³/mol. The molecule has 0 saturated carbocycles. The summed E-state index contributed by atoms with van der Waals surface area (Å²) in [5, 5.41) is 9.73. The fourth-order valence-electron chi connectivity index (χ4n) is 2.37. The van der Waals surface area contributed by atoms with Crippen molar-refractivity contribution in [3.8, 4) is 11.5 Å². The number of aliphatic hydroxyl groups excluding tert-OH is 1. The molecule has 1 aromatic carbocycles. The van der Waals surface area contributed by atoms with Crippen molar-refractivity contribution in [3.05, 3.63) is 23.1 Å². The zero-order valence-electron chi connectivity index (χ0n) is 14.5. The molecule has 0 unspecified atom stereocenters. The lowest BCUT2D eigenvalue weighted by Gasteiger charge is -2.10. The van der Waals surface area contributed by atoms with Crippen LogP contribution in [0.15, 0.2) is 18.2 Å². The second-order valence-electron chi connectivity index (χ2n) is 5.63. The molecule has 0 aliphatic carbocycles. The Morgan fingerprint density at radius 2 is 1.96 bits per heavy atom. The van der Waals surface area contributed by atoms with Gasteiger partial charge in [0.15, 0.2) is 17.3 Å². The number of esters is 1. The van der Waals surface area contributed by atoms with Gasteiger partial charge in [0.2, 0.25) is 0 Å². The van der Waals surface area contributed by atoms with E-state index in [1.807, 2.05) is 12.1 Å². The minimum Gasteiger partial charge on any atom is -0.493 e. The SMILES string of the molecule is COC(=O)[C@@H](C)CC(=O)c1cc2cc(OCCCO)c(OC)cc2s1. The fourth-order valence-corrected chi connectivity index (χ4v) is 3.39. The molecule has 2 rings (SSSR count). The monoisotopic (exact) mass is 366 g/mol. The summed E-state index contributed by atoms with van der Waals surface area (Å²) in [6.45, 7) is 2.11. The summed E-state index contributed by atoms with van der Waals surface area (Å²) in [7, 11) is 2.87. The standard InChI is InChI=1S/C18H22O6S/c1-11(18(21)23-3)7-13(20)17-9-12-8-15(24-6-4-5-19)14(22-2)10-16(12)25-17/h8-11,19H,4-7H2,1-3H3/t11-/m0/s1. The van der Waals surface area contributed by atoms with Crippen molar-refractivity contribution in [2.24, 2.45) is 5.92 Å². The van der Waals surface area contributed by atoms with Crippen LogP contribution < -0.4 is 9.47 Å². The van der Waals surface area contributed by atoms with Crippen molar-refractivity contribution in [2.45, 2.75) is 19.8 Å². The van der Waals surface area contributed by atoms with Crippen LogP contribution in [-0.4, -0.2) is 44.3 Å². The van der Waals surface area contributed by atoms with Crippen LogP contribution >= 0.6 is 11.3 Å². The molecule has 0 bridgehead atoms. The number of methoxy groups -OCH3 is 2. The van der Waals surface area contributed by atoms with E-state index in [0.29, 0.717) is 29.4 Å². The van der Waals surface area contributed by atoms with Crippen molar-refractivity contribution in [3.63, 3.8) is 0 Å². The molecule has 0 fully saturated rings. The summed E-state index contributed by atoms with van der Waals surface area (Å²) in [5.41, 5.74) is 0. The van der Waals surface area contributed by atoms with Gasteiger partial charge in [-0.15, -0.1) is 11.3 Å². The first-order chi connectivity index (χ1) is 12.0. The maximum Gasteiger partial charge on any atom is 0.308 e. The lowest BCUT2D eigenvalue weighted by atomic mass is 10.0. The number of hydrogen-bond donors (Lipinski definition) is 1. The number of carbonyl (C=O) groups excluding carboxylic acids is 2. The van der Waals surface area contributed by atoms with E-state index < -0.39 is 11.9 Å². The molecule has 1 atom stereocenters. The molecule has 2 aromatic rings. The highest BCUT2D eigenvalue weighted by molar-refractivity contribution is 7.20. The van der Waals surface area contributed by atoms with Crippen molar-refractivity contribution in [1.82, 2.24) is 0 Å². The number of thiophene rings is 1. The van der Waals surface area contributed by atoms with E-state index in [1.54, 1.807) is 20.1 Å². The molecule has 25 heavy (non-hydrogen) atoms. The van der Waals surface area contributed by atoms with E-state index in [2.05, 4.69) is 4.74 Å². The number of hydrogen-bond acceptors (Lipinski definition) is 7. The van der Waals surface area contributed by atoms with Crippen LogP contribution in [-0.2, 0) is 9.53 Å². The summed E-state index contributed by atoms with van der Waals surface area (Å²) < 4.78 is 16.5. The van der Waals surface area contributed by atoms with Crippen LogP contribution in [0.25, 0.3) is 10.1 Å². The first-order valence-corrected chi connectivity index (χ1v) is 8.78. The number of fused-ring (bicyclic) bond motifs is 1. The lowest BCUT2D eigenvalue weighted by molar-refractivity contribution is -0.144. The van der Waals surface area contributed by atoms with Crippen LogP contribution in [0.4, 0.5) is 0 Å². The van der Waals surface area contributed by atoms with Crippen molar-refractivity contribution >= 4 is 33.2 Å². The highest BCUT2D eigenvalue weighted by Crippen LogP contribution is 2.37. The minimum atomic E-state index is -0.477. The summed E-state index contributed by atoms with van der Waals surface area (Å²) in [4.78, 5) is 24.5. The van der Waals surface area contributed by atoms with Crippen molar-refractivity contribution in [1.29, 1.82) is 0 Å². The molecule has 0 aliphatic heterocycles. The Balaban J connectivity index is 2.23. The van der Waals surface area contributed by atoms with Gasteiger partial charge in [-0.3, -0.25) is 9.59 Å². The summed E-state index contributed by atoms with van der Waals surface area (Å²) in [5.74, 6) is 0.184. The molecular formula is C18H22O6S. The second kappa shape index (κ2) is 8.82. The first kappa shape index (κ1) is 19.2. The van der Waals surface area contributed by atoms with Gasteiger partial charge in [0, 0.05) is 30.2 Å². The number of carbonyl (C=O) groups is 2. The molecule has 6 nitrogen and oxygen atoms in total. The highest BCUT2D eigenvalue weighted by atomic mass is 32.1. The summed E-state index contributed by atoms with van der Waals surface area (Å²) >= 11 is 1.36. The smallest absolute Gasteiger partial charge is 0.308 e. The third kappa shape index (κ3) is 4.70. The number of ether oxygens (including phenoxy) is 3. The van der Waals surface area contributed by atoms with Crippen molar-refractivity contribution in [2.75, 3.05) is 27.4 Å². The summed E-state index contributed by atoms with van der Waals surface area (Å²) in [6.07, 6.45) is 0.635. The first-order valence-electron chi connectivity index (χ1n) is 7.96. The molecular weight excluding hydrogens is 344 g/mol. The Morgan fingerprint density at radius 3 is 2.60 bits per heavy atom. The quantitative estimate of drug-likeness (QED) is 0.417. The number of aliphatic hydroxyl groups is 1. The molecule has 0 aliphatic rings. The predicted octanol–water partition coefficient (Wildman–Crippen LogP) is 3.05. The molecule has 0 radical (unpaired) electrons. The van der Waals surface area contributed by atoms with Crippen LogP contribution in [0, 0.1) is 5.92 Å². The van der Waals surface area contributed by atoms with Gasteiger partial charge in [0.1, 0.15) is 0 Å². The van der Waals surface area contributed by atoms with Gasteiger partial charge in [0.25, 0.3) is 0 Å². The zero-order chi connectivity index (χ0) is 18.4. The van der Waals surface area contributed by atoms with Crippen LogP contribution in [0.2, 0.25) is 0 Å². The van der Waals surface area contributed by atoms with Crippen LogP contribution in [0.5, 0.6) is 11.5 Å². The van der Waals surface area contributed by atoms with Gasteiger partial charge in [-0.25, -0.2) is 0 Å². The van der Waals surface area contributed by atoms with Gasteiger partial charge >= 0.3 is 5.97 Å². The van der Waals surface area contributed by atoms with E-state index in [4.69, 9.17) is 14.6 Å². The number of rotatable bonds is 9. The third-order valence-corrected chi connectivity index (χ3v) is 4.87. The van der Waals surface area contributed by atoms with E-state index >= 15 is 0 Å². The topological polar surface area (TPSA) is 82.1 Å². The number of Topliss-reactive ketones (excluding diaryl/α,β-unsaturated/α-hetero) is 1. The molecule has 0 amide bonds. The Hall–Kier alpha value is -2.12.